The molecule has 0 unspecified atom stereocenters. The minimum atomic E-state index is -1.07. The highest BCUT2D eigenvalue weighted by Crippen LogP contribution is 2.43. The van der Waals surface area contributed by atoms with E-state index in [1.165, 1.54) is 24.4 Å². The summed E-state index contributed by atoms with van der Waals surface area (Å²) in [5.74, 6) is -2.97. The van der Waals surface area contributed by atoms with Gasteiger partial charge in [0.2, 0.25) is 0 Å². The largest absolute Gasteiger partial charge is 0.351 e. The van der Waals surface area contributed by atoms with Crippen molar-refractivity contribution in [3.05, 3.63) is 66.0 Å². The van der Waals surface area contributed by atoms with Crippen LogP contribution in [-0.4, -0.2) is 21.5 Å². The Bertz CT molecular complexity index is 1130. The maximum atomic E-state index is 14.5. The Labute approximate surface area is 164 Å². The van der Waals surface area contributed by atoms with Crippen molar-refractivity contribution >= 4 is 17.3 Å². The SMILES string of the molecule is O=C1N[C@@H]2CCC[C@@H]2n2cc(-c3ccncc3F)c(Nc3cccc(F)c3F)c21. The van der Waals surface area contributed by atoms with Gasteiger partial charge >= 0.3 is 0 Å². The van der Waals surface area contributed by atoms with Crippen LogP contribution in [0.25, 0.3) is 11.1 Å². The van der Waals surface area contributed by atoms with E-state index >= 15 is 0 Å². The van der Waals surface area contributed by atoms with E-state index in [0.717, 1.165) is 31.5 Å². The lowest BCUT2D eigenvalue weighted by atomic mass is 10.1. The van der Waals surface area contributed by atoms with E-state index in [-0.39, 0.29) is 40.6 Å². The van der Waals surface area contributed by atoms with Gasteiger partial charge < -0.3 is 15.2 Å². The lowest BCUT2D eigenvalue weighted by Crippen LogP contribution is -2.44. The van der Waals surface area contributed by atoms with E-state index in [0.29, 0.717) is 5.56 Å². The summed E-state index contributed by atoms with van der Waals surface area (Å²) in [5, 5.41) is 5.83. The van der Waals surface area contributed by atoms with Gasteiger partial charge in [-0.15, -0.1) is 0 Å². The van der Waals surface area contributed by atoms with Gasteiger partial charge in [-0.1, -0.05) is 6.07 Å². The van der Waals surface area contributed by atoms with E-state index in [1.54, 1.807) is 6.20 Å². The number of aromatic nitrogens is 2. The molecule has 0 spiro atoms. The van der Waals surface area contributed by atoms with Gasteiger partial charge in [0.15, 0.2) is 11.6 Å². The number of benzene rings is 1. The molecule has 0 saturated heterocycles. The van der Waals surface area contributed by atoms with Gasteiger partial charge in [0.25, 0.3) is 5.91 Å². The standard InChI is InChI=1S/C21H17F3N4O/c22-13-3-1-5-16(18(13)24)26-19-12(11-7-8-25-9-14(11)23)10-28-17-6-2-4-15(17)27-21(29)20(19)28/h1,3,5,7-10,15,17,26H,2,4,6H2,(H,27,29)/t15-,17+/m1/s1. The fourth-order valence-electron chi connectivity index (χ4n) is 4.36. The molecule has 29 heavy (non-hydrogen) atoms. The van der Waals surface area contributed by atoms with Gasteiger partial charge in [0.05, 0.1) is 23.6 Å². The second kappa shape index (κ2) is 6.65. The highest BCUT2D eigenvalue weighted by Gasteiger charge is 2.39. The van der Waals surface area contributed by atoms with Crippen LogP contribution in [0.5, 0.6) is 0 Å². The van der Waals surface area contributed by atoms with Gasteiger partial charge in [-0.2, -0.15) is 0 Å². The predicted octanol–water partition coefficient (Wildman–Crippen LogP) is 4.55. The molecule has 1 amide bonds. The monoisotopic (exact) mass is 398 g/mol. The van der Waals surface area contributed by atoms with E-state index < -0.39 is 17.5 Å². The first-order chi connectivity index (χ1) is 14.0. The first kappa shape index (κ1) is 17.8. The summed E-state index contributed by atoms with van der Waals surface area (Å²) in [4.78, 5) is 16.6. The van der Waals surface area contributed by atoms with Crippen LogP contribution in [0.1, 0.15) is 35.8 Å². The van der Waals surface area contributed by atoms with Crippen molar-refractivity contribution in [3.8, 4) is 11.1 Å². The van der Waals surface area contributed by atoms with Crippen LogP contribution >= 0.6 is 0 Å². The molecule has 5 rings (SSSR count). The summed E-state index contributed by atoms with van der Waals surface area (Å²) in [6.45, 7) is 0. The Morgan fingerprint density at radius 1 is 1.10 bits per heavy atom. The number of hydrogen-bond donors (Lipinski definition) is 2. The summed E-state index contributed by atoms with van der Waals surface area (Å²) in [7, 11) is 0. The molecule has 2 aromatic heterocycles. The molecule has 0 bridgehead atoms. The average Bonchev–Trinajstić information content (AvgIpc) is 3.31. The Hall–Kier alpha value is -3.29. The normalized spacial score (nSPS) is 20.2. The molecule has 1 aromatic carbocycles. The summed E-state index contributed by atoms with van der Waals surface area (Å²) in [6, 6.07) is 5.29. The molecule has 2 aliphatic rings. The van der Waals surface area contributed by atoms with Crippen molar-refractivity contribution in [3.63, 3.8) is 0 Å². The zero-order valence-corrected chi connectivity index (χ0v) is 15.3. The summed E-state index contributed by atoms with van der Waals surface area (Å²) in [6.07, 6.45) is 6.95. The number of halogens is 3. The first-order valence-corrected chi connectivity index (χ1v) is 9.41. The number of hydrogen-bond acceptors (Lipinski definition) is 3. The zero-order valence-electron chi connectivity index (χ0n) is 15.3. The lowest BCUT2D eigenvalue weighted by molar-refractivity contribution is 0.0890. The zero-order chi connectivity index (χ0) is 20.1. The average molecular weight is 398 g/mol. The molecule has 3 aromatic rings. The molecule has 1 fully saturated rings. The molecule has 1 aliphatic carbocycles. The van der Waals surface area contributed by atoms with Crippen molar-refractivity contribution < 1.29 is 18.0 Å². The van der Waals surface area contributed by atoms with Crippen molar-refractivity contribution in [2.75, 3.05) is 5.32 Å². The molecule has 148 valence electrons. The van der Waals surface area contributed by atoms with Gasteiger partial charge in [0, 0.05) is 29.6 Å². The Morgan fingerprint density at radius 3 is 2.79 bits per heavy atom. The van der Waals surface area contributed by atoms with Crippen LogP contribution in [0.2, 0.25) is 0 Å². The fourth-order valence-corrected chi connectivity index (χ4v) is 4.36. The molecule has 2 atom stereocenters. The number of anilines is 2. The summed E-state index contributed by atoms with van der Waals surface area (Å²) in [5.41, 5.74) is 1.01. The number of amides is 1. The number of carbonyl (C=O) groups is 1. The number of carbonyl (C=O) groups excluding carboxylic acids is 1. The van der Waals surface area contributed by atoms with Crippen LogP contribution in [0, 0.1) is 17.5 Å². The van der Waals surface area contributed by atoms with Crippen molar-refractivity contribution in [2.24, 2.45) is 0 Å². The number of nitrogens with zero attached hydrogens (tertiary/aromatic N) is 2. The number of fused-ring (bicyclic) bond motifs is 3. The molecule has 3 heterocycles. The van der Waals surface area contributed by atoms with Crippen LogP contribution < -0.4 is 10.6 Å². The highest BCUT2D eigenvalue weighted by molar-refractivity contribution is 6.04. The maximum absolute atomic E-state index is 14.5. The minimum absolute atomic E-state index is 0.0105. The number of pyridine rings is 1. The Balaban J connectivity index is 1.73. The summed E-state index contributed by atoms with van der Waals surface area (Å²) < 4.78 is 44.4. The molecule has 1 aliphatic heterocycles. The second-order valence-corrected chi connectivity index (χ2v) is 7.33. The minimum Gasteiger partial charge on any atom is -0.351 e. The van der Waals surface area contributed by atoms with Gasteiger partial charge in [-0.3, -0.25) is 9.78 Å². The fraction of sp³-hybridized carbons (Fsp3) is 0.238. The smallest absolute Gasteiger partial charge is 0.270 e. The Kier molecular flexibility index (Phi) is 4.08. The third-order valence-electron chi connectivity index (χ3n) is 5.67. The van der Waals surface area contributed by atoms with Gasteiger partial charge in [-0.25, -0.2) is 13.2 Å². The van der Waals surface area contributed by atoms with Crippen LogP contribution in [0.15, 0.2) is 42.9 Å². The molecule has 0 radical (unpaired) electrons. The third kappa shape index (κ3) is 2.78. The highest BCUT2D eigenvalue weighted by atomic mass is 19.2. The van der Waals surface area contributed by atoms with Crippen LogP contribution in [0.4, 0.5) is 24.5 Å². The number of nitrogens with one attached hydrogen (secondary N) is 2. The first-order valence-electron chi connectivity index (χ1n) is 9.41. The molecular weight excluding hydrogens is 381 g/mol. The predicted molar refractivity (Wildman–Crippen MR) is 101 cm³/mol. The molecule has 5 nitrogen and oxygen atoms in total. The van der Waals surface area contributed by atoms with Gasteiger partial charge in [-0.05, 0) is 37.5 Å². The second-order valence-electron chi connectivity index (χ2n) is 7.33. The van der Waals surface area contributed by atoms with Crippen LogP contribution in [0.3, 0.4) is 0 Å². The molecule has 1 saturated carbocycles. The quantitative estimate of drug-likeness (QED) is 0.681. The number of rotatable bonds is 3. The third-order valence-corrected chi connectivity index (χ3v) is 5.67. The van der Waals surface area contributed by atoms with E-state index in [2.05, 4.69) is 15.6 Å². The van der Waals surface area contributed by atoms with E-state index in [1.807, 2.05) is 4.57 Å². The molecule has 8 heteroatoms. The maximum Gasteiger partial charge on any atom is 0.270 e. The molecule has 2 N–H and O–H groups in total. The van der Waals surface area contributed by atoms with Crippen molar-refractivity contribution in [2.45, 2.75) is 31.3 Å². The van der Waals surface area contributed by atoms with E-state index in [9.17, 15) is 18.0 Å². The molecular formula is C21H17F3N4O. The van der Waals surface area contributed by atoms with Crippen molar-refractivity contribution in [1.29, 1.82) is 0 Å². The van der Waals surface area contributed by atoms with Crippen molar-refractivity contribution in [1.82, 2.24) is 14.9 Å². The topological polar surface area (TPSA) is 59.0 Å². The van der Waals surface area contributed by atoms with E-state index in [4.69, 9.17) is 0 Å². The Morgan fingerprint density at radius 2 is 1.97 bits per heavy atom. The van der Waals surface area contributed by atoms with Gasteiger partial charge in [0.1, 0.15) is 11.5 Å². The lowest BCUT2D eigenvalue weighted by Gasteiger charge is -2.30. The summed E-state index contributed by atoms with van der Waals surface area (Å²) >= 11 is 0. The van der Waals surface area contributed by atoms with Crippen LogP contribution in [-0.2, 0) is 0 Å².